The summed E-state index contributed by atoms with van der Waals surface area (Å²) in [5.74, 6) is -0.181. The van der Waals surface area contributed by atoms with Gasteiger partial charge >= 0.3 is 0 Å². The average Bonchev–Trinajstić information content (AvgIpc) is 2.81. The van der Waals surface area contributed by atoms with Gasteiger partial charge in [-0.15, -0.1) is 0 Å². The van der Waals surface area contributed by atoms with Gasteiger partial charge in [0.25, 0.3) is 0 Å². The van der Waals surface area contributed by atoms with Crippen LogP contribution in [0.15, 0.2) is 42.5 Å². The van der Waals surface area contributed by atoms with Crippen LogP contribution in [0.4, 0.5) is 8.78 Å². The predicted octanol–water partition coefficient (Wildman–Crippen LogP) is 3.42. The van der Waals surface area contributed by atoms with Crippen molar-refractivity contribution in [3.05, 3.63) is 59.9 Å². The number of benzene rings is 2. The van der Waals surface area contributed by atoms with Crippen molar-refractivity contribution in [2.24, 2.45) is 0 Å². The first-order chi connectivity index (χ1) is 9.22. The van der Waals surface area contributed by atoms with Crippen molar-refractivity contribution >= 4 is 11.0 Å². The SMILES string of the molecule is Fc1cc(F)c2nc(COc3ccccc3)[nH]c2c1. The van der Waals surface area contributed by atoms with E-state index < -0.39 is 11.6 Å². The Hall–Kier alpha value is -2.43. The fraction of sp³-hybridized carbons (Fsp3) is 0.0714. The molecule has 0 aliphatic heterocycles. The van der Waals surface area contributed by atoms with Crippen LogP contribution in [-0.4, -0.2) is 9.97 Å². The lowest BCUT2D eigenvalue weighted by Gasteiger charge is -2.02. The molecule has 1 heterocycles. The predicted molar refractivity (Wildman–Crippen MR) is 66.8 cm³/mol. The number of halogens is 2. The van der Waals surface area contributed by atoms with Gasteiger partial charge in [-0.25, -0.2) is 13.8 Å². The summed E-state index contributed by atoms with van der Waals surface area (Å²) in [6.07, 6.45) is 0. The maximum absolute atomic E-state index is 13.5. The van der Waals surface area contributed by atoms with E-state index in [0.29, 0.717) is 17.1 Å². The van der Waals surface area contributed by atoms with Gasteiger partial charge < -0.3 is 9.72 Å². The number of H-pyrrole nitrogens is 1. The van der Waals surface area contributed by atoms with Crippen LogP contribution in [0.3, 0.4) is 0 Å². The Balaban J connectivity index is 1.84. The first-order valence-electron chi connectivity index (χ1n) is 5.74. The van der Waals surface area contributed by atoms with E-state index in [1.54, 1.807) is 0 Å². The van der Waals surface area contributed by atoms with Gasteiger partial charge in [-0.3, -0.25) is 0 Å². The highest BCUT2D eigenvalue weighted by Gasteiger charge is 2.10. The molecule has 1 N–H and O–H groups in total. The van der Waals surface area contributed by atoms with Crippen LogP contribution in [-0.2, 0) is 6.61 Å². The fourth-order valence-electron chi connectivity index (χ4n) is 1.83. The summed E-state index contributed by atoms with van der Waals surface area (Å²) in [5, 5.41) is 0. The lowest BCUT2D eigenvalue weighted by atomic mass is 10.3. The van der Waals surface area contributed by atoms with Gasteiger partial charge in [-0.05, 0) is 18.2 Å². The zero-order valence-corrected chi connectivity index (χ0v) is 9.86. The number of ether oxygens (including phenoxy) is 1. The van der Waals surface area contributed by atoms with Gasteiger partial charge in [0.05, 0.1) is 5.52 Å². The van der Waals surface area contributed by atoms with Crippen LogP contribution in [0.5, 0.6) is 5.75 Å². The number of rotatable bonds is 3. The number of imidazole rings is 1. The molecule has 0 aliphatic rings. The molecule has 96 valence electrons. The lowest BCUT2D eigenvalue weighted by molar-refractivity contribution is 0.297. The minimum atomic E-state index is -0.683. The highest BCUT2D eigenvalue weighted by atomic mass is 19.1. The number of aromatic amines is 1. The number of hydrogen-bond donors (Lipinski definition) is 1. The molecule has 3 aromatic rings. The van der Waals surface area contributed by atoms with Crippen LogP contribution in [0.25, 0.3) is 11.0 Å². The van der Waals surface area contributed by atoms with Crippen molar-refractivity contribution in [1.29, 1.82) is 0 Å². The Kier molecular flexibility index (Phi) is 2.87. The quantitative estimate of drug-likeness (QED) is 0.783. The number of fused-ring (bicyclic) bond motifs is 1. The van der Waals surface area contributed by atoms with Crippen LogP contribution < -0.4 is 4.74 Å². The Morgan fingerprint density at radius 1 is 1.11 bits per heavy atom. The van der Waals surface area contributed by atoms with Gasteiger partial charge in [-0.2, -0.15) is 0 Å². The summed E-state index contributed by atoms with van der Waals surface area (Å²) < 4.78 is 32.0. The monoisotopic (exact) mass is 260 g/mol. The van der Waals surface area contributed by atoms with Crippen molar-refractivity contribution in [3.8, 4) is 5.75 Å². The molecular weight excluding hydrogens is 250 g/mol. The smallest absolute Gasteiger partial charge is 0.153 e. The molecule has 0 fully saturated rings. The number of nitrogens with one attached hydrogen (secondary N) is 1. The second kappa shape index (κ2) is 4.68. The Bertz CT molecular complexity index is 710. The summed E-state index contributed by atoms with van der Waals surface area (Å²) in [6.45, 7) is 0.166. The topological polar surface area (TPSA) is 37.9 Å². The summed E-state index contributed by atoms with van der Waals surface area (Å²) in [7, 11) is 0. The molecule has 0 radical (unpaired) electrons. The largest absolute Gasteiger partial charge is 0.486 e. The molecule has 19 heavy (non-hydrogen) atoms. The van der Waals surface area contributed by atoms with E-state index in [2.05, 4.69) is 9.97 Å². The summed E-state index contributed by atoms with van der Waals surface area (Å²) in [6, 6.07) is 11.2. The van der Waals surface area contributed by atoms with E-state index >= 15 is 0 Å². The average molecular weight is 260 g/mol. The zero-order chi connectivity index (χ0) is 13.2. The van der Waals surface area contributed by atoms with Crippen molar-refractivity contribution < 1.29 is 13.5 Å². The van der Waals surface area contributed by atoms with Gasteiger partial charge in [0.2, 0.25) is 0 Å². The van der Waals surface area contributed by atoms with E-state index in [0.717, 1.165) is 6.07 Å². The van der Waals surface area contributed by atoms with Crippen molar-refractivity contribution in [3.63, 3.8) is 0 Å². The number of aromatic nitrogens is 2. The third-order valence-corrected chi connectivity index (χ3v) is 2.67. The molecule has 0 amide bonds. The van der Waals surface area contributed by atoms with Crippen molar-refractivity contribution in [1.82, 2.24) is 9.97 Å². The van der Waals surface area contributed by atoms with Crippen molar-refractivity contribution in [2.45, 2.75) is 6.61 Å². The van der Waals surface area contributed by atoms with E-state index in [4.69, 9.17) is 4.74 Å². The Morgan fingerprint density at radius 2 is 1.89 bits per heavy atom. The molecule has 5 heteroatoms. The van der Waals surface area contributed by atoms with Crippen LogP contribution in [0.2, 0.25) is 0 Å². The molecule has 3 nitrogen and oxygen atoms in total. The lowest BCUT2D eigenvalue weighted by Crippen LogP contribution is -1.96. The molecule has 0 unspecified atom stereocenters. The minimum absolute atomic E-state index is 0.119. The molecule has 2 aromatic carbocycles. The second-order valence-electron chi connectivity index (χ2n) is 4.07. The Morgan fingerprint density at radius 3 is 2.68 bits per heavy atom. The summed E-state index contributed by atoms with van der Waals surface area (Å²) in [5.41, 5.74) is 0.442. The molecule has 1 aromatic heterocycles. The molecule has 0 bridgehead atoms. The molecule has 0 saturated carbocycles. The third kappa shape index (κ3) is 2.40. The fourth-order valence-corrected chi connectivity index (χ4v) is 1.83. The van der Waals surface area contributed by atoms with Gasteiger partial charge in [0.15, 0.2) is 5.82 Å². The summed E-state index contributed by atoms with van der Waals surface area (Å²) in [4.78, 5) is 6.88. The standard InChI is InChI=1S/C14H10F2N2O/c15-9-6-11(16)14-12(7-9)17-13(18-14)8-19-10-4-2-1-3-5-10/h1-7H,8H2,(H,17,18). The second-order valence-corrected chi connectivity index (χ2v) is 4.07. The first-order valence-corrected chi connectivity index (χ1v) is 5.74. The molecule has 0 atom stereocenters. The molecule has 0 spiro atoms. The third-order valence-electron chi connectivity index (χ3n) is 2.67. The maximum Gasteiger partial charge on any atom is 0.153 e. The molecule has 0 aliphatic carbocycles. The number of para-hydroxylation sites is 1. The van der Waals surface area contributed by atoms with Gasteiger partial charge in [-0.1, -0.05) is 18.2 Å². The van der Waals surface area contributed by atoms with Gasteiger partial charge in [0.1, 0.15) is 29.5 Å². The van der Waals surface area contributed by atoms with Crippen LogP contribution in [0, 0.1) is 11.6 Å². The van der Waals surface area contributed by atoms with Crippen LogP contribution in [0.1, 0.15) is 5.82 Å². The first kappa shape index (κ1) is 11.6. The number of nitrogens with zero attached hydrogens (tertiary/aromatic N) is 1. The number of hydrogen-bond acceptors (Lipinski definition) is 2. The highest BCUT2D eigenvalue weighted by molar-refractivity contribution is 5.75. The normalized spacial score (nSPS) is 10.8. The van der Waals surface area contributed by atoms with Crippen LogP contribution >= 0.6 is 0 Å². The maximum atomic E-state index is 13.5. The zero-order valence-electron chi connectivity index (χ0n) is 9.86. The van der Waals surface area contributed by atoms with E-state index in [1.165, 1.54) is 6.07 Å². The highest BCUT2D eigenvalue weighted by Crippen LogP contribution is 2.18. The molecular formula is C14H10F2N2O. The summed E-state index contributed by atoms with van der Waals surface area (Å²) >= 11 is 0. The van der Waals surface area contributed by atoms with Gasteiger partial charge in [0, 0.05) is 6.07 Å². The molecule has 3 rings (SSSR count). The van der Waals surface area contributed by atoms with Crippen molar-refractivity contribution in [2.75, 3.05) is 0 Å². The Labute approximate surface area is 107 Å². The minimum Gasteiger partial charge on any atom is -0.486 e. The molecule has 0 saturated heterocycles. The van der Waals surface area contributed by atoms with E-state index in [1.807, 2.05) is 30.3 Å². The van der Waals surface area contributed by atoms with E-state index in [9.17, 15) is 8.78 Å². The van der Waals surface area contributed by atoms with E-state index in [-0.39, 0.29) is 12.1 Å².